The van der Waals surface area contributed by atoms with Crippen molar-refractivity contribution in [2.45, 2.75) is 18.4 Å². The fraction of sp³-hybridized carbons (Fsp3) is 0.500. The third kappa shape index (κ3) is 3.75. The molecule has 1 fully saturated rings. The van der Waals surface area contributed by atoms with Crippen molar-refractivity contribution in [3.63, 3.8) is 0 Å². The predicted molar refractivity (Wildman–Crippen MR) is 68.1 cm³/mol. The molecule has 0 aliphatic heterocycles. The Kier molecular flexibility index (Phi) is 4.50. The monoisotopic (exact) mass is 267 g/mol. The van der Waals surface area contributed by atoms with E-state index < -0.39 is 0 Å². The summed E-state index contributed by atoms with van der Waals surface area (Å²) in [5, 5.41) is 2.95. The van der Waals surface area contributed by atoms with E-state index in [-0.39, 0.29) is 23.9 Å². The molecule has 0 spiro atoms. The Morgan fingerprint density at radius 2 is 2.00 bits per heavy atom. The molecule has 0 atom stereocenters. The molecule has 0 heterocycles. The quantitative estimate of drug-likeness (QED) is 0.763. The zero-order valence-electron chi connectivity index (χ0n) is 10.9. The fourth-order valence-corrected chi connectivity index (χ4v) is 1.99. The first-order valence-corrected chi connectivity index (χ1v) is 6.30. The van der Waals surface area contributed by atoms with Crippen LogP contribution in [0.3, 0.4) is 0 Å². The lowest BCUT2D eigenvalue weighted by atomic mass is 10.1. The average molecular weight is 267 g/mol. The van der Waals surface area contributed by atoms with Crippen molar-refractivity contribution in [2.75, 3.05) is 26.9 Å². The summed E-state index contributed by atoms with van der Waals surface area (Å²) in [6, 6.07) is 6.26. The lowest BCUT2D eigenvalue weighted by molar-refractivity contribution is -0.127. The van der Waals surface area contributed by atoms with Crippen LogP contribution < -0.4 is 5.32 Å². The highest BCUT2D eigenvalue weighted by Gasteiger charge is 2.45. The standard InChI is InChI=1S/C14H18FNO3/c1-18-8-9-19-10-13(17)16-14(6-7-14)11-2-4-12(15)5-3-11/h2-5H,6-10H2,1H3,(H,16,17). The Bertz CT molecular complexity index is 429. The van der Waals surface area contributed by atoms with E-state index in [1.54, 1.807) is 19.2 Å². The number of carbonyl (C=O) groups is 1. The van der Waals surface area contributed by atoms with Crippen LogP contribution in [0, 0.1) is 5.82 Å². The molecule has 2 rings (SSSR count). The van der Waals surface area contributed by atoms with Crippen LogP contribution in [0.2, 0.25) is 0 Å². The molecule has 1 aromatic rings. The molecule has 1 saturated carbocycles. The molecule has 1 aromatic carbocycles. The molecule has 19 heavy (non-hydrogen) atoms. The van der Waals surface area contributed by atoms with Crippen LogP contribution in [-0.2, 0) is 19.8 Å². The number of rotatable bonds is 7. The Morgan fingerprint density at radius 3 is 2.58 bits per heavy atom. The van der Waals surface area contributed by atoms with Gasteiger partial charge in [0.25, 0.3) is 0 Å². The molecule has 104 valence electrons. The van der Waals surface area contributed by atoms with Crippen molar-refractivity contribution >= 4 is 5.91 Å². The molecule has 1 amide bonds. The number of ether oxygens (including phenoxy) is 2. The predicted octanol–water partition coefficient (Wildman–Crippen LogP) is 1.59. The fourth-order valence-electron chi connectivity index (χ4n) is 1.99. The number of hydrogen-bond donors (Lipinski definition) is 1. The van der Waals surface area contributed by atoms with Crippen LogP contribution in [0.4, 0.5) is 4.39 Å². The largest absolute Gasteiger partial charge is 0.382 e. The van der Waals surface area contributed by atoms with E-state index >= 15 is 0 Å². The van der Waals surface area contributed by atoms with Gasteiger partial charge in [-0.15, -0.1) is 0 Å². The second kappa shape index (κ2) is 6.12. The van der Waals surface area contributed by atoms with E-state index in [9.17, 15) is 9.18 Å². The van der Waals surface area contributed by atoms with Crippen molar-refractivity contribution in [1.82, 2.24) is 5.32 Å². The maximum absolute atomic E-state index is 12.9. The van der Waals surface area contributed by atoms with Gasteiger partial charge in [-0.05, 0) is 30.5 Å². The van der Waals surface area contributed by atoms with E-state index in [2.05, 4.69) is 5.32 Å². The van der Waals surface area contributed by atoms with Gasteiger partial charge in [-0.3, -0.25) is 4.79 Å². The van der Waals surface area contributed by atoms with E-state index in [1.165, 1.54) is 12.1 Å². The highest BCUT2D eigenvalue weighted by molar-refractivity contribution is 5.78. The van der Waals surface area contributed by atoms with Gasteiger partial charge in [-0.2, -0.15) is 0 Å². The summed E-state index contributed by atoms with van der Waals surface area (Å²) in [5.41, 5.74) is 0.620. The van der Waals surface area contributed by atoms with Crippen LogP contribution in [0.25, 0.3) is 0 Å². The molecule has 5 heteroatoms. The van der Waals surface area contributed by atoms with Crippen molar-refractivity contribution in [2.24, 2.45) is 0 Å². The molecule has 0 radical (unpaired) electrons. The minimum Gasteiger partial charge on any atom is -0.382 e. The normalized spacial score (nSPS) is 16.1. The molecule has 0 saturated heterocycles. The van der Waals surface area contributed by atoms with Gasteiger partial charge in [0.15, 0.2) is 0 Å². The van der Waals surface area contributed by atoms with Gasteiger partial charge < -0.3 is 14.8 Å². The number of methoxy groups -OCH3 is 1. The first kappa shape index (κ1) is 14.0. The molecule has 0 aromatic heterocycles. The Morgan fingerprint density at radius 1 is 1.32 bits per heavy atom. The van der Waals surface area contributed by atoms with Crippen molar-refractivity contribution in [1.29, 1.82) is 0 Å². The SMILES string of the molecule is COCCOCC(=O)NC1(c2ccc(F)cc2)CC1. The van der Waals surface area contributed by atoms with Crippen LogP contribution in [0.1, 0.15) is 18.4 Å². The number of amides is 1. The van der Waals surface area contributed by atoms with E-state index in [0.717, 1.165) is 18.4 Å². The first-order chi connectivity index (χ1) is 9.16. The molecule has 0 bridgehead atoms. The van der Waals surface area contributed by atoms with Crippen molar-refractivity contribution in [3.05, 3.63) is 35.6 Å². The van der Waals surface area contributed by atoms with Crippen molar-refractivity contribution < 1.29 is 18.7 Å². The molecular weight excluding hydrogens is 249 g/mol. The second-order valence-corrected chi connectivity index (χ2v) is 4.68. The summed E-state index contributed by atoms with van der Waals surface area (Å²) >= 11 is 0. The zero-order valence-corrected chi connectivity index (χ0v) is 10.9. The van der Waals surface area contributed by atoms with Gasteiger partial charge in [0, 0.05) is 7.11 Å². The Labute approximate surface area is 111 Å². The second-order valence-electron chi connectivity index (χ2n) is 4.68. The molecule has 1 N–H and O–H groups in total. The third-order valence-electron chi connectivity index (χ3n) is 3.19. The van der Waals surface area contributed by atoms with Crippen LogP contribution >= 0.6 is 0 Å². The van der Waals surface area contributed by atoms with Crippen LogP contribution in [-0.4, -0.2) is 32.8 Å². The summed E-state index contributed by atoms with van der Waals surface area (Å²) in [6.45, 7) is 0.885. The lowest BCUT2D eigenvalue weighted by Crippen LogP contribution is -2.37. The van der Waals surface area contributed by atoms with Gasteiger partial charge in [-0.25, -0.2) is 4.39 Å². The average Bonchev–Trinajstić information content (AvgIpc) is 3.16. The van der Waals surface area contributed by atoms with Gasteiger partial charge >= 0.3 is 0 Å². The van der Waals surface area contributed by atoms with Crippen LogP contribution in [0.15, 0.2) is 24.3 Å². The highest BCUT2D eigenvalue weighted by Crippen LogP contribution is 2.45. The number of carbonyl (C=O) groups excluding carboxylic acids is 1. The summed E-state index contributed by atoms with van der Waals surface area (Å²) in [4.78, 5) is 11.8. The van der Waals surface area contributed by atoms with E-state index in [4.69, 9.17) is 9.47 Å². The number of hydrogen-bond acceptors (Lipinski definition) is 3. The summed E-state index contributed by atoms with van der Waals surface area (Å²) in [5.74, 6) is -0.424. The molecule has 4 nitrogen and oxygen atoms in total. The number of halogens is 1. The molecule has 1 aliphatic carbocycles. The number of nitrogens with one attached hydrogen (secondary N) is 1. The van der Waals surface area contributed by atoms with Crippen molar-refractivity contribution in [3.8, 4) is 0 Å². The minimum absolute atomic E-state index is 0.0201. The van der Waals surface area contributed by atoms with Gasteiger partial charge in [-0.1, -0.05) is 12.1 Å². The zero-order chi connectivity index (χ0) is 13.7. The first-order valence-electron chi connectivity index (χ1n) is 6.30. The van der Waals surface area contributed by atoms with Gasteiger partial charge in [0.2, 0.25) is 5.91 Å². The molecule has 0 unspecified atom stereocenters. The van der Waals surface area contributed by atoms with Crippen LogP contribution in [0.5, 0.6) is 0 Å². The van der Waals surface area contributed by atoms with E-state index in [1.807, 2.05) is 0 Å². The Balaban J connectivity index is 1.84. The van der Waals surface area contributed by atoms with Gasteiger partial charge in [0.05, 0.1) is 18.8 Å². The summed E-state index contributed by atoms with van der Waals surface area (Å²) in [7, 11) is 1.58. The summed E-state index contributed by atoms with van der Waals surface area (Å²) in [6.07, 6.45) is 1.75. The topological polar surface area (TPSA) is 47.6 Å². The lowest BCUT2D eigenvalue weighted by Gasteiger charge is -2.18. The number of benzene rings is 1. The Hall–Kier alpha value is -1.46. The third-order valence-corrected chi connectivity index (χ3v) is 3.19. The summed E-state index contributed by atoms with van der Waals surface area (Å²) < 4.78 is 22.9. The molecular formula is C14H18FNO3. The van der Waals surface area contributed by atoms with E-state index in [0.29, 0.717) is 13.2 Å². The highest BCUT2D eigenvalue weighted by atomic mass is 19.1. The minimum atomic E-state index is -0.324. The molecule has 1 aliphatic rings. The smallest absolute Gasteiger partial charge is 0.246 e. The van der Waals surface area contributed by atoms with Gasteiger partial charge in [0.1, 0.15) is 12.4 Å². The maximum Gasteiger partial charge on any atom is 0.246 e. The maximum atomic E-state index is 12.9.